The Morgan fingerprint density at radius 3 is 2.65 bits per heavy atom. The number of rotatable bonds is 7. The van der Waals surface area contributed by atoms with Gasteiger partial charge in [0.2, 0.25) is 0 Å². The van der Waals surface area contributed by atoms with Gasteiger partial charge in [-0.25, -0.2) is 9.18 Å². The molecule has 1 aromatic rings. The van der Waals surface area contributed by atoms with Gasteiger partial charge in [0.15, 0.2) is 0 Å². The van der Waals surface area contributed by atoms with Crippen LogP contribution in [0.3, 0.4) is 0 Å². The molecule has 6 heteroatoms. The Morgan fingerprint density at radius 1 is 1.39 bits per heavy atom. The number of nitrogens with zero attached hydrogens (tertiary/aromatic N) is 1. The lowest BCUT2D eigenvalue weighted by Crippen LogP contribution is -2.38. The van der Waals surface area contributed by atoms with Crippen LogP contribution in [0.15, 0.2) is 18.2 Å². The smallest absolute Gasteiger partial charge is 0.410 e. The number of carbonyl (C=O) groups is 1. The Hall–Kier alpha value is -1.33. The highest BCUT2D eigenvalue weighted by atomic mass is 35.5. The lowest BCUT2D eigenvalue weighted by atomic mass is 10.2. The molecule has 130 valence electrons. The number of halogens is 2. The number of amides is 1. The molecule has 0 saturated carbocycles. The average molecular weight is 345 g/mol. The van der Waals surface area contributed by atoms with Gasteiger partial charge < -0.3 is 15.0 Å². The molecule has 0 saturated heterocycles. The van der Waals surface area contributed by atoms with Crippen molar-refractivity contribution in [2.24, 2.45) is 0 Å². The predicted octanol–water partition coefficient (Wildman–Crippen LogP) is 4.22. The van der Waals surface area contributed by atoms with Crippen molar-refractivity contribution in [1.82, 2.24) is 10.2 Å². The third-order valence-corrected chi connectivity index (χ3v) is 3.43. The largest absolute Gasteiger partial charge is 0.444 e. The van der Waals surface area contributed by atoms with Crippen LogP contribution in [0.25, 0.3) is 0 Å². The summed E-state index contributed by atoms with van der Waals surface area (Å²) in [5.74, 6) is -0.409. The van der Waals surface area contributed by atoms with Gasteiger partial charge in [-0.15, -0.1) is 0 Å². The quantitative estimate of drug-likeness (QED) is 0.753. The van der Waals surface area contributed by atoms with E-state index in [1.165, 1.54) is 6.07 Å². The van der Waals surface area contributed by atoms with E-state index in [2.05, 4.69) is 5.32 Å². The van der Waals surface area contributed by atoms with E-state index in [0.29, 0.717) is 19.6 Å². The zero-order chi connectivity index (χ0) is 17.5. The van der Waals surface area contributed by atoms with Crippen molar-refractivity contribution in [2.75, 3.05) is 19.6 Å². The van der Waals surface area contributed by atoms with Gasteiger partial charge in [-0.05, 0) is 58.4 Å². The number of nitrogens with one attached hydrogen (secondary N) is 1. The highest BCUT2D eigenvalue weighted by molar-refractivity contribution is 6.30. The summed E-state index contributed by atoms with van der Waals surface area (Å²) in [4.78, 5) is 13.6. The van der Waals surface area contributed by atoms with E-state index in [1.807, 2.05) is 27.7 Å². The summed E-state index contributed by atoms with van der Waals surface area (Å²) in [5.41, 5.74) is 0.355. The van der Waals surface area contributed by atoms with E-state index < -0.39 is 11.4 Å². The number of benzene rings is 1. The van der Waals surface area contributed by atoms with Gasteiger partial charge in [-0.3, -0.25) is 0 Å². The highest BCUT2D eigenvalue weighted by Gasteiger charge is 2.20. The summed E-state index contributed by atoms with van der Waals surface area (Å²) in [5, 5.41) is 3.36. The van der Waals surface area contributed by atoms with Gasteiger partial charge in [0.05, 0.1) is 5.02 Å². The number of hydrogen-bond donors (Lipinski definition) is 1. The minimum absolute atomic E-state index is 0.129. The molecule has 1 amide bonds. The predicted molar refractivity (Wildman–Crippen MR) is 91.2 cm³/mol. The van der Waals surface area contributed by atoms with Gasteiger partial charge in [-0.1, -0.05) is 17.7 Å². The number of hydrogen-bond acceptors (Lipinski definition) is 3. The molecule has 0 aliphatic heterocycles. The van der Waals surface area contributed by atoms with Gasteiger partial charge >= 0.3 is 6.09 Å². The van der Waals surface area contributed by atoms with Crippen LogP contribution in [-0.4, -0.2) is 36.2 Å². The zero-order valence-corrected chi connectivity index (χ0v) is 15.0. The van der Waals surface area contributed by atoms with Crippen molar-refractivity contribution in [2.45, 2.75) is 46.3 Å². The van der Waals surface area contributed by atoms with Gasteiger partial charge in [0, 0.05) is 19.6 Å². The molecule has 23 heavy (non-hydrogen) atoms. The van der Waals surface area contributed by atoms with E-state index in [4.69, 9.17) is 16.3 Å². The summed E-state index contributed by atoms with van der Waals surface area (Å²) in [6.07, 6.45) is 0.503. The number of carbonyl (C=O) groups excluding carboxylic acids is 1. The lowest BCUT2D eigenvalue weighted by Gasteiger charge is -2.26. The molecule has 1 rings (SSSR count). The van der Waals surface area contributed by atoms with Crippen LogP contribution >= 0.6 is 11.6 Å². The molecular weight excluding hydrogens is 319 g/mol. The molecule has 0 heterocycles. The molecule has 0 aliphatic carbocycles. The molecule has 0 aliphatic rings. The Kier molecular flexibility index (Phi) is 7.79. The van der Waals surface area contributed by atoms with Gasteiger partial charge in [-0.2, -0.15) is 0 Å². The van der Waals surface area contributed by atoms with Crippen LogP contribution < -0.4 is 5.32 Å². The molecule has 0 radical (unpaired) electrons. The van der Waals surface area contributed by atoms with Crippen molar-refractivity contribution in [1.29, 1.82) is 0 Å². The Morgan fingerprint density at radius 2 is 2.09 bits per heavy atom. The normalized spacial score (nSPS) is 11.4. The Bertz CT molecular complexity index is 518. The van der Waals surface area contributed by atoms with E-state index in [-0.39, 0.29) is 11.1 Å². The molecular formula is C17H26ClFN2O2. The first-order valence-corrected chi connectivity index (χ1v) is 8.23. The Labute approximate surface area is 142 Å². The monoisotopic (exact) mass is 344 g/mol. The zero-order valence-electron chi connectivity index (χ0n) is 14.3. The summed E-state index contributed by atoms with van der Waals surface area (Å²) in [6.45, 7) is 10.00. The third kappa shape index (κ3) is 7.66. The van der Waals surface area contributed by atoms with E-state index in [9.17, 15) is 9.18 Å². The topological polar surface area (TPSA) is 41.6 Å². The SMILES string of the molecule is CCN(CCCNCc1ccc(Cl)c(F)c1)C(=O)OC(C)(C)C. The van der Waals surface area contributed by atoms with Crippen molar-refractivity contribution >= 4 is 17.7 Å². The van der Waals surface area contributed by atoms with Gasteiger partial charge in [0.25, 0.3) is 0 Å². The van der Waals surface area contributed by atoms with Crippen molar-refractivity contribution < 1.29 is 13.9 Å². The maximum atomic E-state index is 13.3. The summed E-state index contributed by atoms with van der Waals surface area (Å²) < 4.78 is 18.7. The molecule has 0 bridgehead atoms. The second-order valence-electron chi connectivity index (χ2n) is 6.34. The molecule has 0 unspecified atom stereocenters. The van der Waals surface area contributed by atoms with Crippen LogP contribution in [0.1, 0.15) is 39.7 Å². The highest BCUT2D eigenvalue weighted by Crippen LogP contribution is 2.15. The van der Waals surface area contributed by atoms with Crippen molar-refractivity contribution in [3.05, 3.63) is 34.6 Å². The molecule has 0 aromatic heterocycles. The lowest BCUT2D eigenvalue weighted by molar-refractivity contribution is 0.0258. The molecule has 1 N–H and O–H groups in total. The fourth-order valence-electron chi connectivity index (χ4n) is 1.98. The minimum atomic E-state index is -0.485. The molecule has 4 nitrogen and oxygen atoms in total. The average Bonchev–Trinajstić information content (AvgIpc) is 2.44. The fourth-order valence-corrected chi connectivity index (χ4v) is 2.10. The van der Waals surface area contributed by atoms with Crippen LogP contribution in [-0.2, 0) is 11.3 Å². The van der Waals surface area contributed by atoms with Crippen LogP contribution in [0.4, 0.5) is 9.18 Å². The maximum absolute atomic E-state index is 13.3. The van der Waals surface area contributed by atoms with Crippen LogP contribution in [0.2, 0.25) is 5.02 Å². The van der Waals surface area contributed by atoms with Crippen molar-refractivity contribution in [3.63, 3.8) is 0 Å². The molecule has 0 fully saturated rings. The molecule has 0 atom stereocenters. The third-order valence-electron chi connectivity index (χ3n) is 3.13. The summed E-state index contributed by atoms with van der Waals surface area (Å²) in [7, 11) is 0. The maximum Gasteiger partial charge on any atom is 0.410 e. The first-order chi connectivity index (χ1) is 10.7. The fraction of sp³-hybridized carbons (Fsp3) is 0.588. The van der Waals surface area contributed by atoms with Crippen molar-refractivity contribution in [3.8, 4) is 0 Å². The second-order valence-corrected chi connectivity index (χ2v) is 6.75. The van der Waals surface area contributed by atoms with E-state index in [0.717, 1.165) is 18.5 Å². The Balaban J connectivity index is 2.29. The second kappa shape index (κ2) is 9.08. The standard InChI is InChI=1S/C17H26ClFN2O2/c1-5-21(16(22)23-17(2,3)4)10-6-9-20-12-13-7-8-14(18)15(19)11-13/h7-8,11,20H,5-6,9-10,12H2,1-4H3. The van der Waals surface area contributed by atoms with Gasteiger partial charge in [0.1, 0.15) is 11.4 Å². The summed E-state index contributed by atoms with van der Waals surface area (Å²) >= 11 is 5.65. The first-order valence-electron chi connectivity index (χ1n) is 7.85. The molecule has 0 spiro atoms. The van der Waals surface area contributed by atoms with Crippen LogP contribution in [0.5, 0.6) is 0 Å². The summed E-state index contributed by atoms with van der Waals surface area (Å²) in [6, 6.07) is 4.76. The van der Waals surface area contributed by atoms with Crippen LogP contribution in [0, 0.1) is 5.82 Å². The number of ether oxygens (including phenoxy) is 1. The minimum Gasteiger partial charge on any atom is -0.444 e. The van der Waals surface area contributed by atoms with E-state index >= 15 is 0 Å². The first kappa shape index (κ1) is 19.7. The van der Waals surface area contributed by atoms with E-state index in [1.54, 1.807) is 17.0 Å². The molecule has 1 aromatic carbocycles.